The van der Waals surface area contributed by atoms with Gasteiger partial charge in [-0.25, -0.2) is 9.59 Å². The van der Waals surface area contributed by atoms with Crippen LogP contribution in [0, 0.1) is 0 Å². The van der Waals surface area contributed by atoms with E-state index in [0.29, 0.717) is 18.7 Å². The topological polar surface area (TPSA) is 55.8 Å². The van der Waals surface area contributed by atoms with Gasteiger partial charge >= 0.3 is 12.1 Å². The van der Waals surface area contributed by atoms with Gasteiger partial charge in [-0.3, -0.25) is 0 Å². The zero-order valence-corrected chi connectivity index (χ0v) is 16.0. The number of amides is 1. The van der Waals surface area contributed by atoms with E-state index in [0.717, 1.165) is 23.1 Å². The Kier molecular flexibility index (Phi) is 5.49. The molecule has 0 saturated heterocycles. The summed E-state index contributed by atoms with van der Waals surface area (Å²) in [5, 5.41) is 0. The molecule has 0 spiro atoms. The Morgan fingerprint density at radius 2 is 1.78 bits per heavy atom. The summed E-state index contributed by atoms with van der Waals surface area (Å²) in [6, 6.07) is 15.1. The van der Waals surface area contributed by atoms with Crippen LogP contribution < -0.4 is 0 Å². The Labute approximate surface area is 159 Å². The SMILES string of the molecule is CC(C)(C)OC(=O)N1CCc2ccc(C(=O)OCc3ccccc3)cc2C1. The van der Waals surface area contributed by atoms with Gasteiger partial charge in [-0.2, -0.15) is 0 Å². The summed E-state index contributed by atoms with van der Waals surface area (Å²) in [4.78, 5) is 26.4. The van der Waals surface area contributed by atoms with E-state index >= 15 is 0 Å². The minimum absolute atomic E-state index is 0.237. The minimum atomic E-state index is -0.527. The summed E-state index contributed by atoms with van der Waals surface area (Å²) >= 11 is 0. The summed E-state index contributed by atoms with van der Waals surface area (Å²) < 4.78 is 10.9. The third-order valence-corrected chi connectivity index (χ3v) is 4.32. The number of carbonyl (C=O) groups excluding carboxylic acids is 2. The van der Waals surface area contributed by atoms with Crippen molar-refractivity contribution in [3.8, 4) is 0 Å². The summed E-state index contributed by atoms with van der Waals surface area (Å²) in [5.74, 6) is -0.365. The number of fused-ring (bicyclic) bond motifs is 1. The van der Waals surface area contributed by atoms with Crippen LogP contribution in [0.2, 0.25) is 0 Å². The van der Waals surface area contributed by atoms with Crippen LogP contribution in [-0.2, 0) is 29.0 Å². The number of hydrogen-bond donors (Lipinski definition) is 0. The molecule has 1 heterocycles. The molecule has 5 heteroatoms. The van der Waals surface area contributed by atoms with E-state index in [2.05, 4.69) is 0 Å². The number of hydrogen-bond acceptors (Lipinski definition) is 4. The molecule has 0 unspecified atom stereocenters. The van der Waals surface area contributed by atoms with Crippen LogP contribution in [0.4, 0.5) is 4.79 Å². The molecule has 0 fully saturated rings. The van der Waals surface area contributed by atoms with E-state index in [1.54, 1.807) is 11.0 Å². The highest BCUT2D eigenvalue weighted by molar-refractivity contribution is 5.89. The Bertz CT molecular complexity index is 824. The number of ether oxygens (including phenoxy) is 2. The quantitative estimate of drug-likeness (QED) is 0.758. The second kappa shape index (κ2) is 7.82. The fourth-order valence-electron chi connectivity index (χ4n) is 2.97. The molecule has 3 rings (SSSR count). The van der Waals surface area contributed by atoms with Crippen molar-refractivity contribution in [1.29, 1.82) is 0 Å². The number of carbonyl (C=O) groups is 2. The first-order valence-electron chi connectivity index (χ1n) is 9.12. The van der Waals surface area contributed by atoms with Crippen LogP contribution in [0.25, 0.3) is 0 Å². The molecule has 142 valence electrons. The second-order valence-corrected chi connectivity index (χ2v) is 7.70. The third-order valence-electron chi connectivity index (χ3n) is 4.32. The van der Waals surface area contributed by atoms with E-state index in [1.165, 1.54) is 0 Å². The summed E-state index contributed by atoms with van der Waals surface area (Å²) in [6.45, 7) is 6.83. The van der Waals surface area contributed by atoms with Gasteiger partial charge < -0.3 is 14.4 Å². The van der Waals surface area contributed by atoms with Gasteiger partial charge in [0.1, 0.15) is 12.2 Å². The smallest absolute Gasteiger partial charge is 0.410 e. The Hall–Kier alpha value is -2.82. The molecule has 0 aromatic heterocycles. The van der Waals surface area contributed by atoms with E-state index in [-0.39, 0.29) is 18.7 Å². The predicted octanol–water partition coefficient (Wildman–Crippen LogP) is 4.34. The van der Waals surface area contributed by atoms with E-state index in [9.17, 15) is 9.59 Å². The van der Waals surface area contributed by atoms with Crippen molar-refractivity contribution in [2.24, 2.45) is 0 Å². The molecular weight excluding hydrogens is 342 g/mol. The number of rotatable bonds is 3. The van der Waals surface area contributed by atoms with Gasteiger partial charge in [0.15, 0.2) is 0 Å². The van der Waals surface area contributed by atoms with Crippen molar-refractivity contribution in [2.75, 3.05) is 6.54 Å². The molecule has 1 aliphatic rings. The molecule has 27 heavy (non-hydrogen) atoms. The Morgan fingerprint density at radius 1 is 1.04 bits per heavy atom. The third kappa shape index (κ3) is 5.09. The van der Waals surface area contributed by atoms with Crippen molar-refractivity contribution in [1.82, 2.24) is 4.90 Å². The Balaban J connectivity index is 1.66. The molecule has 0 aliphatic carbocycles. The molecule has 0 saturated carbocycles. The van der Waals surface area contributed by atoms with Crippen LogP contribution in [0.1, 0.15) is 47.8 Å². The average molecular weight is 367 g/mol. The van der Waals surface area contributed by atoms with Gasteiger partial charge in [-0.15, -0.1) is 0 Å². The monoisotopic (exact) mass is 367 g/mol. The highest BCUT2D eigenvalue weighted by Gasteiger charge is 2.26. The van der Waals surface area contributed by atoms with Crippen LogP contribution in [-0.4, -0.2) is 29.1 Å². The van der Waals surface area contributed by atoms with Gasteiger partial charge in [0, 0.05) is 13.1 Å². The molecule has 1 aliphatic heterocycles. The lowest BCUT2D eigenvalue weighted by molar-refractivity contribution is 0.0224. The van der Waals surface area contributed by atoms with E-state index in [4.69, 9.17) is 9.47 Å². The van der Waals surface area contributed by atoms with Gasteiger partial charge in [0.25, 0.3) is 0 Å². The maximum atomic E-state index is 12.4. The lowest BCUT2D eigenvalue weighted by Gasteiger charge is -2.31. The van der Waals surface area contributed by atoms with E-state index < -0.39 is 5.60 Å². The molecule has 0 N–H and O–H groups in total. The first-order chi connectivity index (χ1) is 12.8. The zero-order chi connectivity index (χ0) is 19.4. The van der Waals surface area contributed by atoms with Crippen LogP contribution in [0.5, 0.6) is 0 Å². The molecule has 1 amide bonds. The lowest BCUT2D eigenvalue weighted by Crippen LogP contribution is -2.39. The standard InChI is InChI=1S/C22H25NO4/c1-22(2,3)27-21(25)23-12-11-17-9-10-18(13-19(17)14-23)20(24)26-15-16-7-5-4-6-8-16/h4-10,13H,11-12,14-15H2,1-3H3. The molecule has 0 radical (unpaired) electrons. The van der Waals surface area contributed by atoms with Gasteiger partial charge in [-0.05, 0) is 56.0 Å². The summed E-state index contributed by atoms with van der Waals surface area (Å²) in [6.07, 6.45) is 0.415. The zero-order valence-electron chi connectivity index (χ0n) is 16.0. The molecular formula is C22H25NO4. The van der Waals surface area contributed by atoms with Crippen LogP contribution in [0.15, 0.2) is 48.5 Å². The summed E-state index contributed by atoms with van der Waals surface area (Å²) in [5.41, 5.74) is 3.02. The Morgan fingerprint density at radius 3 is 2.48 bits per heavy atom. The van der Waals surface area contributed by atoms with Gasteiger partial charge in [0.05, 0.1) is 5.56 Å². The summed E-state index contributed by atoms with van der Waals surface area (Å²) in [7, 11) is 0. The van der Waals surface area contributed by atoms with Crippen molar-refractivity contribution in [3.05, 3.63) is 70.8 Å². The van der Waals surface area contributed by atoms with Crippen molar-refractivity contribution in [3.63, 3.8) is 0 Å². The van der Waals surface area contributed by atoms with Crippen molar-refractivity contribution < 1.29 is 19.1 Å². The highest BCUT2D eigenvalue weighted by atomic mass is 16.6. The van der Waals surface area contributed by atoms with Gasteiger partial charge in [0.2, 0.25) is 0 Å². The lowest BCUT2D eigenvalue weighted by atomic mass is 9.97. The molecule has 2 aromatic carbocycles. The number of nitrogens with zero attached hydrogens (tertiary/aromatic N) is 1. The predicted molar refractivity (Wildman–Crippen MR) is 102 cm³/mol. The maximum Gasteiger partial charge on any atom is 0.410 e. The fourth-order valence-corrected chi connectivity index (χ4v) is 2.97. The van der Waals surface area contributed by atoms with Crippen molar-refractivity contribution >= 4 is 12.1 Å². The van der Waals surface area contributed by atoms with Crippen molar-refractivity contribution in [2.45, 2.75) is 45.9 Å². The number of benzene rings is 2. The molecule has 0 atom stereocenters. The van der Waals surface area contributed by atoms with E-state index in [1.807, 2.05) is 63.2 Å². The molecule has 5 nitrogen and oxygen atoms in total. The largest absolute Gasteiger partial charge is 0.457 e. The van der Waals surface area contributed by atoms with Crippen LogP contribution >= 0.6 is 0 Å². The normalized spacial score (nSPS) is 13.7. The maximum absolute atomic E-state index is 12.4. The second-order valence-electron chi connectivity index (χ2n) is 7.70. The first kappa shape index (κ1) is 19.0. The first-order valence-corrected chi connectivity index (χ1v) is 9.12. The minimum Gasteiger partial charge on any atom is -0.457 e. The molecule has 2 aromatic rings. The fraction of sp³-hybridized carbons (Fsp3) is 0.364. The van der Waals surface area contributed by atoms with Crippen LogP contribution in [0.3, 0.4) is 0 Å². The molecule has 0 bridgehead atoms. The highest BCUT2D eigenvalue weighted by Crippen LogP contribution is 2.23. The average Bonchev–Trinajstić information content (AvgIpc) is 2.64. The number of esters is 1. The van der Waals surface area contributed by atoms with Gasteiger partial charge in [-0.1, -0.05) is 36.4 Å².